The zero-order valence-corrected chi connectivity index (χ0v) is 13.4. The molecule has 0 radical (unpaired) electrons. The molecule has 2 rings (SSSR count). The summed E-state index contributed by atoms with van der Waals surface area (Å²) in [5.74, 6) is 0.499. The first-order valence-corrected chi connectivity index (χ1v) is 8.73. The van der Waals surface area contributed by atoms with Gasteiger partial charge >= 0.3 is 0 Å². The van der Waals surface area contributed by atoms with Gasteiger partial charge in [-0.1, -0.05) is 13.3 Å². The Morgan fingerprint density at radius 1 is 1.45 bits per heavy atom. The Hall–Kier alpha value is -0.850. The number of nitrogens with zero attached hydrogens (tertiary/aromatic N) is 2. The summed E-state index contributed by atoms with van der Waals surface area (Å²) < 4.78 is 29.0. The minimum atomic E-state index is -3.34. The van der Waals surface area contributed by atoms with Gasteiger partial charge in [0.2, 0.25) is 10.0 Å². The van der Waals surface area contributed by atoms with Gasteiger partial charge in [0.1, 0.15) is 4.90 Å². The normalized spacial score (nSPS) is 21.2. The third-order valence-electron chi connectivity index (χ3n) is 4.14. The zero-order valence-electron chi connectivity index (χ0n) is 12.6. The molecule has 5 nitrogen and oxygen atoms in total. The van der Waals surface area contributed by atoms with Crippen molar-refractivity contribution >= 4 is 10.0 Å². The maximum Gasteiger partial charge on any atom is 0.244 e. The zero-order chi connectivity index (χ0) is 14.8. The molecular formula is C14H25N3O2S. The van der Waals surface area contributed by atoms with Crippen LogP contribution in [-0.2, 0) is 23.6 Å². The van der Waals surface area contributed by atoms with Crippen molar-refractivity contribution in [1.29, 1.82) is 0 Å². The minimum absolute atomic E-state index is 0.419. The van der Waals surface area contributed by atoms with E-state index in [1.807, 2.05) is 18.7 Å². The first-order chi connectivity index (χ1) is 9.48. The van der Waals surface area contributed by atoms with Crippen molar-refractivity contribution in [2.75, 3.05) is 20.1 Å². The molecule has 114 valence electrons. The Balaban J connectivity index is 2.23. The van der Waals surface area contributed by atoms with Crippen molar-refractivity contribution in [1.82, 2.24) is 14.2 Å². The van der Waals surface area contributed by atoms with Crippen molar-refractivity contribution in [3.8, 4) is 0 Å². The predicted molar refractivity (Wildman–Crippen MR) is 80.0 cm³/mol. The van der Waals surface area contributed by atoms with Gasteiger partial charge in [0.15, 0.2) is 0 Å². The molecule has 1 atom stereocenters. The Bertz CT molecular complexity index is 551. The quantitative estimate of drug-likeness (QED) is 0.897. The van der Waals surface area contributed by atoms with E-state index in [2.05, 4.69) is 12.2 Å². The van der Waals surface area contributed by atoms with Gasteiger partial charge in [-0.15, -0.1) is 0 Å². The van der Waals surface area contributed by atoms with Crippen LogP contribution in [0.15, 0.2) is 17.2 Å². The van der Waals surface area contributed by atoms with Gasteiger partial charge in [0.05, 0.1) is 0 Å². The summed E-state index contributed by atoms with van der Waals surface area (Å²) in [6.07, 6.45) is 4.87. The topological polar surface area (TPSA) is 54.3 Å². The fourth-order valence-corrected chi connectivity index (χ4v) is 4.45. The van der Waals surface area contributed by atoms with Gasteiger partial charge in [-0.05, 0) is 31.9 Å². The summed E-state index contributed by atoms with van der Waals surface area (Å²) in [5.41, 5.74) is 0.982. The first-order valence-electron chi connectivity index (χ1n) is 7.29. The van der Waals surface area contributed by atoms with Crippen molar-refractivity contribution in [3.63, 3.8) is 0 Å². The maximum absolute atomic E-state index is 12.7. The fourth-order valence-electron chi connectivity index (χ4n) is 2.80. The van der Waals surface area contributed by atoms with Crippen molar-refractivity contribution in [2.24, 2.45) is 13.0 Å². The van der Waals surface area contributed by atoms with Crippen LogP contribution in [0.5, 0.6) is 0 Å². The van der Waals surface area contributed by atoms with Crippen LogP contribution >= 0.6 is 0 Å². The molecule has 0 bridgehead atoms. The second-order valence-corrected chi connectivity index (χ2v) is 7.53. The lowest BCUT2D eigenvalue weighted by molar-refractivity contribution is 0.261. The smallest absolute Gasteiger partial charge is 0.244 e. The van der Waals surface area contributed by atoms with Gasteiger partial charge < -0.3 is 9.88 Å². The fraction of sp³-hybridized carbons (Fsp3) is 0.714. The number of nitrogens with one attached hydrogen (secondary N) is 1. The summed E-state index contributed by atoms with van der Waals surface area (Å²) in [4.78, 5) is 0.419. The highest BCUT2D eigenvalue weighted by Gasteiger charge is 2.30. The average Bonchev–Trinajstić information content (AvgIpc) is 2.81. The number of piperidine rings is 1. The number of aromatic nitrogens is 1. The molecule has 0 spiro atoms. The average molecular weight is 299 g/mol. The SMILES string of the molecule is CCC1CCCN(S(=O)(=O)c2cc(CNC)n(C)c2)C1. The van der Waals surface area contributed by atoms with Gasteiger partial charge in [-0.3, -0.25) is 0 Å². The van der Waals surface area contributed by atoms with E-state index in [9.17, 15) is 8.42 Å². The number of hydrogen-bond acceptors (Lipinski definition) is 3. The predicted octanol–water partition coefficient (Wildman–Crippen LogP) is 1.56. The monoisotopic (exact) mass is 299 g/mol. The Kier molecular flexibility index (Phi) is 4.88. The molecule has 1 aromatic rings. The number of rotatable bonds is 5. The molecule has 2 heterocycles. The van der Waals surface area contributed by atoms with Crippen LogP contribution in [0.2, 0.25) is 0 Å². The standard InChI is InChI=1S/C14H25N3O2S/c1-4-12-6-5-7-17(10-12)20(18,19)14-8-13(9-15-2)16(3)11-14/h8,11-12,15H,4-7,9-10H2,1-3H3. The minimum Gasteiger partial charge on any atom is -0.352 e. The number of hydrogen-bond donors (Lipinski definition) is 1. The Labute approximate surface area is 122 Å². The highest BCUT2D eigenvalue weighted by atomic mass is 32.2. The molecule has 0 amide bonds. The van der Waals surface area contributed by atoms with Crippen LogP contribution in [0.3, 0.4) is 0 Å². The van der Waals surface area contributed by atoms with E-state index in [0.717, 1.165) is 25.0 Å². The van der Waals surface area contributed by atoms with Crippen LogP contribution in [0.25, 0.3) is 0 Å². The van der Waals surface area contributed by atoms with E-state index in [0.29, 0.717) is 30.4 Å². The van der Waals surface area contributed by atoms with Crippen LogP contribution < -0.4 is 5.32 Å². The number of aryl methyl sites for hydroxylation is 1. The molecule has 20 heavy (non-hydrogen) atoms. The van der Waals surface area contributed by atoms with Gasteiger partial charge in [0.25, 0.3) is 0 Å². The molecule has 0 saturated carbocycles. The molecule has 1 saturated heterocycles. The first kappa shape index (κ1) is 15.5. The summed E-state index contributed by atoms with van der Waals surface area (Å²) >= 11 is 0. The molecular weight excluding hydrogens is 274 g/mol. The molecule has 0 aromatic carbocycles. The van der Waals surface area contributed by atoms with Gasteiger partial charge in [-0.25, -0.2) is 8.42 Å². The van der Waals surface area contributed by atoms with E-state index < -0.39 is 10.0 Å². The summed E-state index contributed by atoms with van der Waals surface area (Å²) in [6, 6.07) is 1.78. The van der Waals surface area contributed by atoms with Crippen molar-refractivity contribution in [2.45, 2.75) is 37.6 Å². The maximum atomic E-state index is 12.7. The highest BCUT2D eigenvalue weighted by Crippen LogP contribution is 2.26. The van der Waals surface area contributed by atoms with Gasteiger partial charge in [0, 0.05) is 38.6 Å². The van der Waals surface area contributed by atoms with E-state index in [4.69, 9.17) is 0 Å². The van der Waals surface area contributed by atoms with Crippen LogP contribution in [-0.4, -0.2) is 37.4 Å². The largest absolute Gasteiger partial charge is 0.352 e. The Morgan fingerprint density at radius 2 is 2.20 bits per heavy atom. The van der Waals surface area contributed by atoms with Crippen LogP contribution in [0.1, 0.15) is 31.9 Å². The molecule has 1 N–H and O–H groups in total. The molecule has 0 aliphatic carbocycles. The van der Waals surface area contributed by atoms with E-state index in [-0.39, 0.29) is 0 Å². The second kappa shape index (κ2) is 6.28. The van der Waals surface area contributed by atoms with E-state index in [1.165, 1.54) is 0 Å². The second-order valence-electron chi connectivity index (χ2n) is 5.59. The summed E-state index contributed by atoms with van der Waals surface area (Å²) in [5, 5.41) is 3.06. The molecule has 6 heteroatoms. The van der Waals surface area contributed by atoms with E-state index in [1.54, 1.807) is 16.6 Å². The molecule has 1 fully saturated rings. The summed E-state index contributed by atoms with van der Waals surface area (Å²) in [7, 11) is 0.404. The lowest BCUT2D eigenvalue weighted by Gasteiger charge is -2.31. The molecule has 1 aliphatic rings. The molecule has 1 aromatic heterocycles. The Morgan fingerprint density at radius 3 is 2.85 bits per heavy atom. The molecule has 1 aliphatic heterocycles. The third-order valence-corrected chi connectivity index (χ3v) is 5.97. The molecule has 1 unspecified atom stereocenters. The van der Waals surface area contributed by atoms with Gasteiger partial charge in [-0.2, -0.15) is 4.31 Å². The van der Waals surface area contributed by atoms with E-state index >= 15 is 0 Å². The lowest BCUT2D eigenvalue weighted by Crippen LogP contribution is -2.39. The van der Waals surface area contributed by atoms with Crippen molar-refractivity contribution in [3.05, 3.63) is 18.0 Å². The number of sulfonamides is 1. The van der Waals surface area contributed by atoms with Crippen LogP contribution in [0.4, 0.5) is 0 Å². The highest BCUT2D eigenvalue weighted by molar-refractivity contribution is 7.89. The van der Waals surface area contributed by atoms with Crippen LogP contribution in [0, 0.1) is 5.92 Å². The lowest BCUT2D eigenvalue weighted by atomic mass is 9.97. The van der Waals surface area contributed by atoms with Crippen molar-refractivity contribution < 1.29 is 8.42 Å². The third kappa shape index (κ3) is 3.07. The summed E-state index contributed by atoms with van der Waals surface area (Å²) in [6.45, 7) is 4.11.